The fourth-order valence-corrected chi connectivity index (χ4v) is 3.29. The fourth-order valence-electron chi connectivity index (χ4n) is 2.35. The lowest BCUT2D eigenvalue weighted by Crippen LogP contribution is -1.74. The Kier molecular flexibility index (Phi) is 2.23. The van der Waals surface area contributed by atoms with Crippen LogP contribution >= 0.6 is 11.3 Å². The van der Waals surface area contributed by atoms with E-state index in [1.807, 2.05) is 6.07 Å². The molecule has 4 aromatic rings. The van der Waals surface area contributed by atoms with E-state index < -0.39 is 0 Å². The van der Waals surface area contributed by atoms with Gasteiger partial charge in [-0.15, -0.1) is 11.3 Å². The molecular formula is C16H12N2S. The Morgan fingerprint density at radius 2 is 1.95 bits per heavy atom. The van der Waals surface area contributed by atoms with Crippen molar-refractivity contribution in [3.63, 3.8) is 0 Å². The molecule has 0 unspecified atom stereocenters. The number of thiazole rings is 1. The van der Waals surface area contributed by atoms with E-state index in [4.69, 9.17) is 0 Å². The molecule has 0 bridgehead atoms. The number of para-hydroxylation sites is 1. The maximum absolute atomic E-state index is 4.69. The minimum Gasteiger partial charge on any atom is -0.353 e. The van der Waals surface area contributed by atoms with Gasteiger partial charge >= 0.3 is 0 Å². The second-order valence-electron chi connectivity index (χ2n) is 4.76. The summed E-state index contributed by atoms with van der Waals surface area (Å²) in [5.41, 5.74) is 4.61. The lowest BCUT2D eigenvalue weighted by molar-refractivity contribution is 1.40. The number of fused-ring (bicyclic) bond motifs is 2. The van der Waals surface area contributed by atoms with Crippen LogP contribution in [-0.4, -0.2) is 9.97 Å². The average Bonchev–Trinajstić information content (AvgIpc) is 3.00. The fraction of sp³-hybridized carbons (Fsp3) is 0.0625. The number of nitrogens with one attached hydrogen (secondary N) is 1. The molecular weight excluding hydrogens is 252 g/mol. The van der Waals surface area contributed by atoms with Gasteiger partial charge in [0.2, 0.25) is 0 Å². The predicted octanol–water partition coefficient (Wildman–Crippen LogP) is 4.75. The number of nitrogens with zero attached hydrogens (tertiary/aromatic N) is 1. The van der Waals surface area contributed by atoms with E-state index in [9.17, 15) is 0 Å². The van der Waals surface area contributed by atoms with Crippen LogP contribution in [0.1, 0.15) is 5.56 Å². The van der Waals surface area contributed by atoms with Gasteiger partial charge in [-0.25, -0.2) is 4.98 Å². The van der Waals surface area contributed by atoms with Crippen molar-refractivity contribution in [1.82, 2.24) is 9.97 Å². The van der Waals surface area contributed by atoms with E-state index in [2.05, 4.69) is 59.4 Å². The molecule has 2 heterocycles. The molecule has 0 aliphatic carbocycles. The number of aryl methyl sites for hydroxylation is 1. The number of H-pyrrole nitrogens is 1. The Morgan fingerprint density at radius 3 is 2.84 bits per heavy atom. The van der Waals surface area contributed by atoms with E-state index in [1.165, 1.54) is 21.2 Å². The van der Waals surface area contributed by atoms with E-state index in [1.54, 1.807) is 11.3 Å². The quantitative estimate of drug-likeness (QED) is 0.528. The highest BCUT2D eigenvalue weighted by molar-refractivity contribution is 7.21. The van der Waals surface area contributed by atoms with Gasteiger partial charge < -0.3 is 4.98 Å². The van der Waals surface area contributed by atoms with Gasteiger partial charge in [0.1, 0.15) is 5.01 Å². The van der Waals surface area contributed by atoms with Crippen LogP contribution in [-0.2, 0) is 0 Å². The van der Waals surface area contributed by atoms with E-state index in [-0.39, 0.29) is 0 Å². The third kappa shape index (κ3) is 1.74. The van der Waals surface area contributed by atoms with Crippen molar-refractivity contribution < 1.29 is 0 Å². The van der Waals surface area contributed by atoms with E-state index in [0.717, 1.165) is 16.2 Å². The Balaban J connectivity index is 1.93. The van der Waals surface area contributed by atoms with Crippen LogP contribution < -0.4 is 0 Å². The van der Waals surface area contributed by atoms with Crippen molar-refractivity contribution in [2.45, 2.75) is 6.92 Å². The van der Waals surface area contributed by atoms with E-state index >= 15 is 0 Å². The number of aromatic amines is 1. The second kappa shape index (κ2) is 3.93. The topological polar surface area (TPSA) is 28.7 Å². The maximum atomic E-state index is 4.69. The summed E-state index contributed by atoms with van der Waals surface area (Å²) in [5, 5.41) is 2.30. The van der Waals surface area contributed by atoms with Crippen molar-refractivity contribution in [1.29, 1.82) is 0 Å². The largest absolute Gasteiger partial charge is 0.353 e. The smallest absolute Gasteiger partial charge is 0.140 e. The van der Waals surface area contributed by atoms with Gasteiger partial charge in [0, 0.05) is 10.9 Å². The lowest BCUT2D eigenvalue weighted by Gasteiger charge is -1.90. The Labute approximate surface area is 114 Å². The third-order valence-electron chi connectivity index (χ3n) is 3.30. The Morgan fingerprint density at radius 1 is 1.05 bits per heavy atom. The molecule has 0 aliphatic heterocycles. The third-order valence-corrected chi connectivity index (χ3v) is 4.37. The van der Waals surface area contributed by atoms with Gasteiger partial charge in [-0.2, -0.15) is 0 Å². The first-order chi connectivity index (χ1) is 9.29. The summed E-state index contributed by atoms with van der Waals surface area (Å²) >= 11 is 1.73. The lowest BCUT2D eigenvalue weighted by atomic mass is 10.2. The molecule has 2 aromatic carbocycles. The summed E-state index contributed by atoms with van der Waals surface area (Å²) in [6.07, 6.45) is 0. The summed E-state index contributed by atoms with van der Waals surface area (Å²) in [6.45, 7) is 2.11. The molecule has 3 heteroatoms. The number of rotatable bonds is 1. The minimum atomic E-state index is 1.05. The molecule has 19 heavy (non-hydrogen) atoms. The molecule has 0 fully saturated rings. The summed E-state index contributed by atoms with van der Waals surface area (Å²) in [5.74, 6) is 0. The van der Waals surface area contributed by atoms with Crippen LogP contribution in [0.2, 0.25) is 0 Å². The van der Waals surface area contributed by atoms with Gasteiger partial charge in [0.15, 0.2) is 0 Å². The first-order valence-corrected chi connectivity index (χ1v) is 7.06. The molecule has 0 atom stereocenters. The van der Waals surface area contributed by atoms with Crippen LogP contribution in [0, 0.1) is 6.92 Å². The number of hydrogen-bond acceptors (Lipinski definition) is 2. The van der Waals surface area contributed by atoms with Crippen molar-refractivity contribution in [2.75, 3.05) is 0 Å². The van der Waals surface area contributed by atoms with Crippen LogP contribution in [0.4, 0.5) is 0 Å². The van der Waals surface area contributed by atoms with Crippen LogP contribution in [0.3, 0.4) is 0 Å². The Bertz CT molecular complexity index is 853. The van der Waals surface area contributed by atoms with Gasteiger partial charge in [-0.1, -0.05) is 23.8 Å². The molecule has 0 saturated carbocycles. The first-order valence-electron chi connectivity index (χ1n) is 6.25. The highest BCUT2D eigenvalue weighted by Gasteiger charge is 2.08. The zero-order chi connectivity index (χ0) is 12.8. The number of benzene rings is 2. The van der Waals surface area contributed by atoms with Gasteiger partial charge in [0.05, 0.1) is 15.9 Å². The number of aromatic nitrogens is 2. The molecule has 0 aliphatic rings. The molecule has 1 N–H and O–H groups in total. The molecule has 2 aromatic heterocycles. The van der Waals surface area contributed by atoms with Crippen molar-refractivity contribution in [3.8, 4) is 10.7 Å². The summed E-state index contributed by atoms with van der Waals surface area (Å²) in [6, 6.07) is 16.9. The molecule has 0 saturated heterocycles. The van der Waals surface area contributed by atoms with Gasteiger partial charge in [-0.3, -0.25) is 0 Å². The number of hydrogen-bond donors (Lipinski definition) is 1. The molecule has 0 amide bonds. The summed E-state index contributed by atoms with van der Waals surface area (Å²) < 4.78 is 1.23. The zero-order valence-electron chi connectivity index (χ0n) is 10.5. The minimum absolute atomic E-state index is 1.05. The molecule has 4 rings (SSSR count). The molecule has 0 radical (unpaired) electrons. The van der Waals surface area contributed by atoms with Crippen molar-refractivity contribution in [3.05, 3.63) is 54.1 Å². The van der Waals surface area contributed by atoms with Crippen molar-refractivity contribution in [2.24, 2.45) is 0 Å². The van der Waals surface area contributed by atoms with Gasteiger partial charge in [0.25, 0.3) is 0 Å². The second-order valence-corrected chi connectivity index (χ2v) is 5.79. The van der Waals surface area contributed by atoms with Gasteiger partial charge in [-0.05, 0) is 37.3 Å². The van der Waals surface area contributed by atoms with Crippen LogP contribution in [0.5, 0.6) is 0 Å². The summed E-state index contributed by atoms with van der Waals surface area (Å²) in [4.78, 5) is 8.14. The molecule has 92 valence electrons. The SMILES string of the molecule is Cc1ccc2[nH]c(-c3nc4ccccc4s3)cc2c1. The normalized spacial score (nSPS) is 11.4. The highest BCUT2D eigenvalue weighted by atomic mass is 32.1. The Hall–Kier alpha value is -2.13. The first kappa shape index (κ1) is 10.8. The highest BCUT2D eigenvalue weighted by Crippen LogP contribution is 2.31. The standard InChI is InChI=1S/C16H12N2S/c1-10-6-7-12-11(8-10)9-14(17-12)16-18-13-4-2-3-5-15(13)19-16/h2-9,17H,1H3. The summed E-state index contributed by atoms with van der Waals surface area (Å²) in [7, 11) is 0. The average molecular weight is 264 g/mol. The van der Waals surface area contributed by atoms with Crippen LogP contribution in [0.25, 0.3) is 31.8 Å². The van der Waals surface area contributed by atoms with Crippen molar-refractivity contribution >= 4 is 32.5 Å². The maximum Gasteiger partial charge on any atom is 0.140 e. The monoisotopic (exact) mass is 264 g/mol. The zero-order valence-corrected chi connectivity index (χ0v) is 11.3. The molecule has 2 nitrogen and oxygen atoms in total. The van der Waals surface area contributed by atoms with E-state index in [0.29, 0.717) is 0 Å². The predicted molar refractivity (Wildman–Crippen MR) is 81.6 cm³/mol. The molecule has 0 spiro atoms. The van der Waals surface area contributed by atoms with Crippen LogP contribution in [0.15, 0.2) is 48.5 Å².